The number of hydrogen-bond donors (Lipinski definition) is 1. The monoisotopic (exact) mass is 456 g/mol. The number of nitrogens with zero attached hydrogens (tertiary/aromatic N) is 5. The molecule has 31 heavy (non-hydrogen) atoms. The molecule has 0 aliphatic carbocycles. The molecule has 0 bridgehead atoms. The predicted molar refractivity (Wildman–Crippen MR) is 117 cm³/mol. The van der Waals surface area contributed by atoms with E-state index in [2.05, 4.69) is 25.8 Å². The lowest BCUT2D eigenvalue weighted by Gasteiger charge is -2.14. The molecule has 2 heterocycles. The average molecular weight is 457 g/mol. The molecule has 0 spiro atoms. The fourth-order valence-corrected chi connectivity index (χ4v) is 4.08. The van der Waals surface area contributed by atoms with Gasteiger partial charge in [-0.1, -0.05) is 18.5 Å². The van der Waals surface area contributed by atoms with Crippen molar-refractivity contribution in [3.63, 3.8) is 0 Å². The van der Waals surface area contributed by atoms with E-state index in [0.29, 0.717) is 34.6 Å². The van der Waals surface area contributed by atoms with Crippen molar-refractivity contribution in [1.82, 2.24) is 30.5 Å². The van der Waals surface area contributed by atoms with Crippen LogP contribution in [0.25, 0.3) is 16.8 Å². The topological polar surface area (TPSA) is 85.6 Å². The van der Waals surface area contributed by atoms with Crippen LogP contribution < -0.4 is 5.32 Å². The van der Waals surface area contributed by atoms with Gasteiger partial charge in [0.25, 0.3) is 5.91 Å². The number of carbonyl (C=O) groups excluding carboxylic acids is 1. The van der Waals surface area contributed by atoms with Crippen LogP contribution >= 0.6 is 22.9 Å². The fraction of sp³-hybridized carbons (Fsp3) is 0.190. The van der Waals surface area contributed by atoms with Crippen molar-refractivity contribution in [3.8, 4) is 16.8 Å². The second-order valence-electron chi connectivity index (χ2n) is 6.82. The maximum absolute atomic E-state index is 13.6. The van der Waals surface area contributed by atoms with Crippen LogP contribution in [-0.4, -0.2) is 31.1 Å². The van der Waals surface area contributed by atoms with E-state index in [1.165, 1.54) is 23.5 Å². The van der Waals surface area contributed by atoms with Gasteiger partial charge in [-0.2, -0.15) is 4.68 Å². The summed E-state index contributed by atoms with van der Waals surface area (Å²) in [4.78, 5) is 17.3. The summed E-state index contributed by atoms with van der Waals surface area (Å²) in [5.41, 5.74) is 2.24. The van der Waals surface area contributed by atoms with E-state index in [1.807, 2.05) is 25.3 Å². The Kier molecular flexibility index (Phi) is 6.06. The highest BCUT2D eigenvalue weighted by molar-refractivity contribution is 7.09. The first-order valence-corrected chi connectivity index (χ1v) is 10.8. The van der Waals surface area contributed by atoms with Crippen LogP contribution in [0, 0.1) is 5.82 Å². The normalized spacial score (nSPS) is 12.0. The lowest BCUT2D eigenvalue weighted by atomic mass is 10.0. The minimum absolute atomic E-state index is 0.243. The highest BCUT2D eigenvalue weighted by Crippen LogP contribution is 2.31. The van der Waals surface area contributed by atoms with Gasteiger partial charge >= 0.3 is 0 Å². The first-order chi connectivity index (χ1) is 15.0. The zero-order valence-corrected chi connectivity index (χ0v) is 18.3. The second kappa shape index (κ2) is 8.91. The number of aromatic nitrogens is 5. The smallest absolute Gasteiger partial charge is 0.251 e. The van der Waals surface area contributed by atoms with Crippen molar-refractivity contribution in [2.75, 3.05) is 0 Å². The summed E-state index contributed by atoms with van der Waals surface area (Å²) in [6.07, 6.45) is 2.30. The van der Waals surface area contributed by atoms with E-state index in [0.717, 1.165) is 5.01 Å². The number of thiazole rings is 1. The number of halogens is 2. The Hall–Kier alpha value is -3.17. The van der Waals surface area contributed by atoms with Crippen LogP contribution in [0.2, 0.25) is 5.02 Å². The van der Waals surface area contributed by atoms with Crippen molar-refractivity contribution >= 4 is 28.8 Å². The van der Waals surface area contributed by atoms with Gasteiger partial charge in [-0.15, -0.1) is 16.4 Å². The number of benzene rings is 2. The summed E-state index contributed by atoms with van der Waals surface area (Å²) in [5, 5.41) is 17.7. The highest BCUT2D eigenvalue weighted by atomic mass is 35.5. The molecule has 4 aromatic rings. The molecular formula is C21H18ClFN6OS. The van der Waals surface area contributed by atoms with E-state index in [4.69, 9.17) is 11.6 Å². The van der Waals surface area contributed by atoms with E-state index >= 15 is 0 Å². The van der Waals surface area contributed by atoms with Gasteiger partial charge in [0, 0.05) is 29.1 Å². The highest BCUT2D eigenvalue weighted by Gasteiger charge is 2.18. The van der Waals surface area contributed by atoms with Gasteiger partial charge in [0.15, 0.2) is 5.82 Å². The SMILES string of the molecule is CCc1nnnn1-c1cc(C(=O)NC(C)c2nccs2)cc(-c2ccc(F)cc2Cl)c1. The maximum Gasteiger partial charge on any atom is 0.251 e. The van der Waals surface area contributed by atoms with Crippen molar-refractivity contribution in [1.29, 1.82) is 0 Å². The van der Waals surface area contributed by atoms with Gasteiger partial charge in [-0.05, 0) is 59.3 Å². The molecule has 0 saturated carbocycles. The standard InChI is InChI=1S/C21H18ClFN6OS/c1-3-19-26-27-28-29(19)16-9-13(17-5-4-15(23)11-18(17)22)8-14(10-16)20(30)25-12(2)21-24-6-7-31-21/h4-12H,3H2,1-2H3,(H,25,30). The minimum Gasteiger partial charge on any atom is -0.343 e. The summed E-state index contributed by atoms with van der Waals surface area (Å²) < 4.78 is 15.1. The van der Waals surface area contributed by atoms with Crippen molar-refractivity contribution < 1.29 is 9.18 Å². The molecule has 0 aliphatic heterocycles. The van der Waals surface area contributed by atoms with Crippen LogP contribution in [0.1, 0.15) is 41.1 Å². The minimum atomic E-state index is -0.436. The van der Waals surface area contributed by atoms with Crippen LogP contribution in [0.15, 0.2) is 48.0 Å². The molecule has 1 amide bonds. The number of aryl methyl sites for hydroxylation is 1. The molecule has 1 unspecified atom stereocenters. The number of rotatable bonds is 6. The van der Waals surface area contributed by atoms with E-state index in [9.17, 15) is 9.18 Å². The van der Waals surface area contributed by atoms with Crippen molar-refractivity contribution in [3.05, 3.63) is 75.2 Å². The zero-order chi connectivity index (χ0) is 22.0. The van der Waals surface area contributed by atoms with Crippen LogP contribution in [0.5, 0.6) is 0 Å². The molecule has 0 radical (unpaired) electrons. The van der Waals surface area contributed by atoms with Gasteiger partial charge in [-0.25, -0.2) is 9.37 Å². The number of hydrogen-bond acceptors (Lipinski definition) is 6. The Balaban J connectivity index is 1.78. The Morgan fingerprint density at radius 3 is 2.84 bits per heavy atom. The first kappa shape index (κ1) is 21.1. The lowest BCUT2D eigenvalue weighted by molar-refractivity contribution is 0.0940. The van der Waals surface area contributed by atoms with Gasteiger partial charge in [0.2, 0.25) is 0 Å². The molecular weight excluding hydrogens is 439 g/mol. The molecule has 1 N–H and O–H groups in total. The summed E-state index contributed by atoms with van der Waals surface area (Å²) in [7, 11) is 0. The number of amides is 1. The van der Waals surface area contributed by atoms with E-state index in [1.54, 1.807) is 29.1 Å². The van der Waals surface area contributed by atoms with Gasteiger partial charge in [0.1, 0.15) is 10.8 Å². The Morgan fingerprint density at radius 1 is 1.29 bits per heavy atom. The third-order valence-electron chi connectivity index (χ3n) is 4.69. The molecule has 2 aromatic carbocycles. The Bertz CT molecular complexity index is 1230. The predicted octanol–water partition coefficient (Wildman–Crippen LogP) is 4.63. The number of carbonyl (C=O) groups is 1. The first-order valence-electron chi connectivity index (χ1n) is 9.54. The summed E-state index contributed by atoms with van der Waals surface area (Å²) in [6.45, 7) is 3.81. The summed E-state index contributed by atoms with van der Waals surface area (Å²) >= 11 is 7.76. The van der Waals surface area contributed by atoms with Gasteiger partial charge in [0.05, 0.1) is 16.8 Å². The molecule has 4 rings (SSSR count). The Morgan fingerprint density at radius 2 is 2.13 bits per heavy atom. The average Bonchev–Trinajstić information content (AvgIpc) is 3.45. The molecule has 0 fully saturated rings. The quantitative estimate of drug-likeness (QED) is 0.457. The fourth-order valence-electron chi connectivity index (χ4n) is 3.16. The molecule has 158 valence electrons. The molecule has 2 aromatic heterocycles. The molecule has 10 heteroatoms. The maximum atomic E-state index is 13.6. The lowest BCUT2D eigenvalue weighted by Crippen LogP contribution is -2.26. The molecule has 1 atom stereocenters. The number of nitrogens with one attached hydrogen (secondary N) is 1. The molecule has 7 nitrogen and oxygen atoms in total. The largest absolute Gasteiger partial charge is 0.343 e. The zero-order valence-electron chi connectivity index (χ0n) is 16.7. The van der Waals surface area contributed by atoms with Gasteiger partial charge in [-0.3, -0.25) is 4.79 Å². The number of tetrazole rings is 1. The van der Waals surface area contributed by atoms with E-state index < -0.39 is 5.82 Å². The van der Waals surface area contributed by atoms with Crippen LogP contribution in [0.4, 0.5) is 4.39 Å². The van der Waals surface area contributed by atoms with Gasteiger partial charge < -0.3 is 5.32 Å². The third kappa shape index (κ3) is 4.47. The van der Waals surface area contributed by atoms with Crippen molar-refractivity contribution in [2.24, 2.45) is 0 Å². The summed E-state index contributed by atoms with van der Waals surface area (Å²) in [5.74, 6) is -0.0751. The van der Waals surface area contributed by atoms with E-state index in [-0.39, 0.29) is 17.0 Å². The summed E-state index contributed by atoms with van der Waals surface area (Å²) in [6, 6.07) is 9.12. The second-order valence-corrected chi connectivity index (χ2v) is 8.15. The third-order valence-corrected chi connectivity index (χ3v) is 5.96. The molecule has 0 saturated heterocycles. The van der Waals surface area contributed by atoms with Crippen LogP contribution in [-0.2, 0) is 6.42 Å². The van der Waals surface area contributed by atoms with Crippen LogP contribution in [0.3, 0.4) is 0 Å². The van der Waals surface area contributed by atoms with Crippen molar-refractivity contribution in [2.45, 2.75) is 26.3 Å². The Labute approximate surface area is 186 Å². The molecule has 0 aliphatic rings.